The first-order chi connectivity index (χ1) is 6.13. The van der Waals surface area contributed by atoms with E-state index < -0.39 is 6.10 Å². The maximum atomic E-state index is 11.2. The van der Waals surface area contributed by atoms with E-state index in [4.69, 9.17) is 0 Å². The van der Waals surface area contributed by atoms with Crippen molar-refractivity contribution in [1.29, 1.82) is 0 Å². The Morgan fingerprint density at radius 2 is 1.85 bits per heavy atom. The second-order valence-corrected chi connectivity index (χ2v) is 3.24. The van der Waals surface area contributed by atoms with Crippen LogP contribution in [0.3, 0.4) is 0 Å². The van der Waals surface area contributed by atoms with E-state index in [1.54, 1.807) is 6.92 Å². The Balaban J connectivity index is 2.96. The molecule has 0 aliphatic rings. The Kier molecular flexibility index (Phi) is 3.20. The third kappa shape index (κ3) is 2.39. The summed E-state index contributed by atoms with van der Waals surface area (Å²) < 4.78 is 0. The van der Waals surface area contributed by atoms with Crippen LogP contribution in [0.25, 0.3) is 0 Å². The van der Waals surface area contributed by atoms with Gasteiger partial charge in [0.15, 0.2) is 0 Å². The summed E-state index contributed by atoms with van der Waals surface area (Å²) in [4.78, 5) is 11.2. The van der Waals surface area contributed by atoms with Gasteiger partial charge in [0.25, 0.3) is 0 Å². The average molecular weight is 178 g/mol. The minimum absolute atomic E-state index is 0.00111. The molecule has 2 unspecified atom stereocenters. The Hall–Kier alpha value is -1.15. The summed E-state index contributed by atoms with van der Waals surface area (Å²) in [6, 6.07) is 9.35. The molecule has 0 spiro atoms. The van der Waals surface area contributed by atoms with Crippen LogP contribution >= 0.6 is 0 Å². The third-order valence-corrected chi connectivity index (χ3v) is 2.08. The summed E-state index contributed by atoms with van der Waals surface area (Å²) in [5, 5.41) is 9.42. The third-order valence-electron chi connectivity index (χ3n) is 2.08. The molecule has 2 heteroatoms. The maximum Gasteiger partial charge on any atom is 0.139 e. The van der Waals surface area contributed by atoms with Crippen molar-refractivity contribution in [2.24, 2.45) is 0 Å². The van der Waals surface area contributed by atoms with E-state index in [9.17, 15) is 9.90 Å². The Labute approximate surface area is 78.2 Å². The lowest BCUT2D eigenvalue weighted by molar-refractivity contribution is -0.120. The van der Waals surface area contributed by atoms with Gasteiger partial charge in [-0.3, -0.25) is 4.79 Å². The van der Waals surface area contributed by atoms with Crippen molar-refractivity contribution in [3.05, 3.63) is 35.9 Å². The highest BCUT2D eigenvalue weighted by atomic mass is 16.3. The minimum atomic E-state index is -0.625. The second-order valence-electron chi connectivity index (χ2n) is 3.24. The summed E-state index contributed by atoms with van der Waals surface area (Å²) in [5.41, 5.74) is 0.880. The Morgan fingerprint density at radius 1 is 1.31 bits per heavy atom. The van der Waals surface area contributed by atoms with Gasteiger partial charge >= 0.3 is 0 Å². The first kappa shape index (κ1) is 9.93. The van der Waals surface area contributed by atoms with Crippen LogP contribution in [0.2, 0.25) is 0 Å². The number of benzene rings is 1. The van der Waals surface area contributed by atoms with E-state index in [1.807, 2.05) is 30.3 Å². The summed E-state index contributed by atoms with van der Waals surface area (Å²) in [6.07, 6.45) is -0.625. The number of carbonyl (C=O) groups excluding carboxylic acids is 1. The van der Waals surface area contributed by atoms with E-state index in [2.05, 4.69) is 0 Å². The van der Waals surface area contributed by atoms with Crippen LogP contribution in [0, 0.1) is 0 Å². The van der Waals surface area contributed by atoms with E-state index in [0.717, 1.165) is 5.56 Å². The van der Waals surface area contributed by atoms with Crippen LogP contribution in [-0.2, 0) is 4.79 Å². The molecular formula is C11H14O2. The zero-order chi connectivity index (χ0) is 9.84. The van der Waals surface area contributed by atoms with Crippen molar-refractivity contribution in [3.8, 4) is 0 Å². The molecule has 0 aliphatic carbocycles. The fraction of sp³-hybridized carbons (Fsp3) is 0.364. The topological polar surface area (TPSA) is 37.3 Å². The molecule has 13 heavy (non-hydrogen) atoms. The van der Waals surface area contributed by atoms with E-state index in [-0.39, 0.29) is 11.7 Å². The van der Waals surface area contributed by atoms with Crippen LogP contribution in [0.15, 0.2) is 30.3 Å². The fourth-order valence-corrected chi connectivity index (χ4v) is 1.51. The van der Waals surface area contributed by atoms with E-state index >= 15 is 0 Å². The Bertz CT molecular complexity index is 277. The molecule has 1 aromatic carbocycles. The Morgan fingerprint density at radius 3 is 2.23 bits per heavy atom. The zero-order valence-corrected chi connectivity index (χ0v) is 7.90. The molecule has 0 aliphatic heterocycles. The van der Waals surface area contributed by atoms with E-state index in [0.29, 0.717) is 0 Å². The largest absolute Gasteiger partial charge is 0.392 e. The molecule has 0 aromatic heterocycles. The normalized spacial score (nSPS) is 15.0. The van der Waals surface area contributed by atoms with Crippen LogP contribution in [0.4, 0.5) is 0 Å². The minimum Gasteiger partial charge on any atom is -0.392 e. The van der Waals surface area contributed by atoms with Crippen molar-refractivity contribution in [2.45, 2.75) is 25.9 Å². The number of hydrogen-bond acceptors (Lipinski definition) is 2. The van der Waals surface area contributed by atoms with E-state index in [1.165, 1.54) is 6.92 Å². The summed E-state index contributed by atoms with van der Waals surface area (Å²) in [6.45, 7) is 3.14. The first-order valence-corrected chi connectivity index (χ1v) is 4.36. The lowest BCUT2D eigenvalue weighted by Gasteiger charge is -2.16. The number of aliphatic hydroxyl groups is 1. The summed E-state index contributed by atoms with van der Waals surface area (Å²) in [5.74, 6) is -0.387. The average Bonchev–Trinajstić information content (AvgIpc) is 2.04. The molecule has 1 aromatic rings. The standard InChI is InChI=1S/C11H14O2/c1-8(12)11(9(2)13)10-6-4-3-5-7-10/h3-8,11-12H,1-2H3. The molecule has 0 bridgehead atoms. The van der Waals surface area contributed by atoms with Gasteiger partial charge in [-0.2, -0.15) is 0 Å². The van der Waals surface area contributed by atoms with Crippen LogP contribution in [-0.4, -0.2) is 17.0 Å². The lowest BCUT2D eigenvalue weighted by Crippen LogP contribution is -2.21. The number of aliphatic hydroxyl groups excluding tert-OH is 1. The molecule has 0 radical (unpaired) electrons. The fourth-order valence-electron chi connectivity index (χ4n) is 1.51. The van der Waals surface area contributed by atoms with Gasteiger partial charge in [0.05, 0.1) is 12.0 Å². The number of ketones is 1. The molecule has 2 nitrogen and oxygen atoms in total. The summed E-state index contributed by atoms with van der Waals surface area (Å²) >= 11 is 0. The van der Waals surface area contributed by atoms with Crippen molar-refractivity contribution in [3.63, 3.8) is 0 Å². The number of carbonyl (C=O) groups is 1. The predicted octanol–water partition coefficient (Wildman–Crippen LogP) is 1.74. The second kappa shape index (κ2) is 4.19. The molecule has 0 saturated heterocycles. The molecule has 0 amide bonds. The van der Waals surface area contributed by atoms with Crippen LogP contribution in [0.5, 0.6) is 0 Å². The molecule has 1 rings (SSSR count). The first-order valence-electron chi connectivity index (χ1n) is 4.36. The number of rotatable bonds is 3. The molecule has 0 heterocycles. The highest BCUT2D eigenvalue weighted by Crippen LogP contribution is 2.20. The van der Waals surface area contributed by atoms with Gasteiger partial charge in [0, 0.05) is 0 Å². The highest BCUT2D eigenvalue weighted by molar-refractivity contribution is 5.83. The van der Waals surface area contributed by atoms with Crippen molar-refractivity contribution in [1.82, 2.24) is 0 Å². The van der Waals surface area contributed by atoms with Crippen LogP contribution < -0.4 is 0 Å². The van der Waals surface area contributed by atoms with Gasteiger partial charge in [-0.25, -0.2) is 0 Å². The molecular weight excluding hydrogens is 164 g/mol. The molecule has 0 fully saturated rings. The van der Waals surface area contributed by atoms with Gasteiger partial charge in [0.2, 0.25) is 0 Å². The quantitative estimate of drug-likeness (QED) is 0.765. The van der Waals surface area contributed by atoms with Gasteiger partial charge < -0.3 is 5.11 Å². The summed E-state index contributed by atoms with van der Waals surface area (Å²) in [7, 11) is 0. The highest BCUT2D eigenvalue weighted by Gasteiger charge is 2.21. The van der Waals surface area contributed by atoms with Crippen molar-refractivity contribution in [2.75, 3.05) is 0 Å². The molecule has 1 N–H and O–H groups in total. The van der Waals surface area contributed by atoms with Crippen LogP contribution in [0.1, 0.15) is 25.3 Å². The maximum absolute atomic E-state index is 11.2. The SMILES string of the molecule is CC(=O)C(c1ccccc1)C(C)O. The number of Topliss-reactive ketones (excluding diaryl/α,β-unsaturated/α-hetero) is 1. The monoisotopic (exact) mass is 178 g/mol. The lowest BCUT2D eigenvalue weighted by atomic mass is 9.91. The number of hydrogen-bond donors (Lipinski definition) is 1. The van der Waals surface area contributed by atoms with Crippen molar-refractivity contribution < 1.29 is 9.90 Å². The van der Waals surface area contributed by atoms with Crippen molar-refractivity contribution >= 4 is 5.78 Å². The molecule has 70 valence electrons. The molecule has 2 atom stereocenters. The molecule has 0 saturated carbocycles. The predicted molar refractivity (Wildman–Crippen MR) is 51.5 cm³/mol. The van der Waals surface area contributed by atoms with Gasteiger partial charge in [-0.05, 0) is 19.4 Å². The van der Waals surface area contributed by atoms with Gasteiger partial charge in [-0.1, -0.05) is 30.3 Å². The smallest absolute Gasteiger partial charge is 0.139 e. The van der Waals surface area contributed by atoms with Gasteiger partial charge in [0.1, 0.15) is 5.78 Å². The zero-order valence-electron chi connectivity index (χ0n) is 7.90. The van der Waals surface area contributed by atoms with Gasteiger partial charge in [-0.15, -0.1) is 0 Å².